The van der Waals surface area contributed by atoms with Gasteiger partial charge in [0.1, 0.15) is 6.10 Å². The van der Waals surface area contributed by atoms with Crippen LogP contribution in [-0.4, -0.2) is 24.9 Å². The highest BCUT2D eigenvalue weighted by atomic mass is 16.7. The molecule has 1 heterocycles. The van der Waals surface area contributed by atoms with Gasteiger partial charge in [-0.2, -0.15) is 0 Å². The van der Waals surface area contributed by atoms with Crippen molar-refractivity contribution in [2.24, 2.45) is 0 Å². The van der Waals surface area contributed by atoms with Gasteiger partial charge in [-0.15, -0.1) is 0 Å². The Kier molecular flexibility index (Phi) is 5.90. The lowest BCUT2D eigenvalue weighted by Gasteiger charge is -2.32. The predicted octanol–water partition coefficient (Wildman–Crippen LogP) is 5.66. The van der Waals surface area contributed by atoms with Gasteiger partial charge in [-0.25, -0.2) is 0 Å². The van der Waals surface area contributed by atoms with Gasteiger partial charge in [0.2, 0.25) is 0 Å². The number of ether oxygens (including phenoxy) is 1. The van der Waals surface area contributed by atoms with E-state index in [1.807, 2.05) is 25.1 Å². The third kappa shape index (κ3) is 4.52. The summed E-state index contributed by atoms with van der Waals surface area (Å²) < 4.78 is 18.0. The number of hydrogen-bond donors (Lipinski definition) is 0. The fourth-order valence-electron chi connectivity index (χ4n) is 3.12. The van der Waals surface area contributed by atoms with Gasteiger partial charge in [0.15, 0.2) is 0 Å². The standard InChI is InChI=1S/C23H29BO3/c1-6-10-21(20-14-13-18-11-7-8-12-19(18)17-20)25-16-9-15-24-26-22(2,3)23(4,5)27-24/h6-15,17,21H,16H2,1-5H3/b10-6+,15-9+. The molecule has 4 heteroatoms. The Labute approximate surface area is 163 Å². The van der Waals surface area contributed by atoms with Crippen LogP contribution in [0.1, 0.15) is 46.3 Å². The van der Waals surface area contributed by atoms with E-state index in [1.165, 1.54) is 10.8 Å². The van der Waals surface area contributed by atoms with Crippen LogP contribution in [-0.2, 0) is 14.0 Å². The molecule has 0 bridgehead atoms. The third-order valence-corrected chi connectivity index (χ3v) is 5.41. The summed E-state index contributed by atoms with van der Waals surface area (Å²) in [5.74, 6) is 1.93. The molecule has 1 aliphatic heterocycles. The molecule has 1 unspecified atom stereocenters. The maximum atomic E-state index is 6.10. The summed E-state index contributed by atoms with van der Waals surface area (Å²) in [6.07, 6.45) is 5.99. The Morgan fingerprint density at radius 3 is 2.33 bits per heavy atom. The molecule has 3 rings (SSSR count). The van der Waals surface area contributed by atoms with Crippen LogP contribution in [0.2, 0.25) is 0 Å². The smallest absolute Gasteiger partial charge is 0.400 e. The molecular weight excluding hydrogens is 335 g/mol. The van der Waals surface area contributed by atoms with E-state index < -0.39 is 0 Å². The highest BCUT2D eigenvalue weighted by Crippen LogP contribution is 2.36. The highest BCUT2D eigenvalue weighted by molar-refractivity contribution is 6.51. The van der Waals surface area contributed by atoms with Gasteiger partial charge in [0, 0.05) is 0 Å². The summed E-state index contributed by atoms with van der Waals surface area (Å²) >= 11 is 0. The molecule has 27 heavy (non-hydrogen) atoms. The first kappa shape index (κ1) is 19.9. The summed E-state index contributed by atoms with van der Waals surface area (Å²) in [5, 5.41) is 2.46. The molecule has 2 aromatic carbocycles. The lowest BCUT2D eigenvalue weighted by atomic mass is 9.90. The summed E-state index contributed by atoms with van der Waals surface area (Å²) in [4.78, 5) is 0. The van der Waals surface area contributed by atoms with Crippen molar-refractivity contribution >= 4 is 17.9 Å². The lowest BCUT2D eigenvalue weighted by molar-refractivity contribution is 0.00578. The normalized spacial score (nSPS) is 20.1. The van der Waals surface area contributed by atoms with Crippen LogP contribution in [0.15, 0.2) is 66.7 Å². The number of allylic oxidation sites excluding steroid dienone is 1. The van der Waals surface area contributed by atoms with Gasteiger partial charge >= 0.3 is 7.12 Å². The van der Waals surface area contributed by atoms with Gasteiger partial charge in [-0.3, -0.25) is 0 Å². The largest absolute Gasteiger partial charge is 0.486 e. The maximum absolute atomic E-state index is 6.10. The van der Waals surface area contributed by atoms with Crippen molar-refractivity contribution in [1.82, 2.24) is 0 Å². The first-order chi connectivity index (χ1) is 12.8. The quantitative estimate of drug-likeness (QED) is 0.489. The van der Waals surface area contributed by atoms with Crippen LogP contribution in [0.25, 0.3) is 10.8 Å². The van der Waals surface area contributed by atoms with Crippen LogP contribution in [0.3, 0.4) is 0 Å². The van der Waals surface area contributed by atoms with Crippen LogP contribution >= 0.6 is 0 Å². The summed E-state index contributed by atoms with van der Waals surface area (Å²) in [6.45, 7) is 10.7. The molecule has 1 fully saturated rings. The second kappa shape index (κ2) is 8.01. The van der Waals surface area contributed by atoms with Crippen molar-refractivity contribution in [3.63, 3.8) is 0 Å². The highest BCUT2D eigenvalue weighted by Gasteiger charge is 2.49. The molecule has 0 spiro atoms. The summed E-state index contributed by atoms with van der Waals surface area (Å²) in [5.41, 5.74) is 0.513. The van der Waals surface area contributed by atoms with Gasteiger partial charge in [-0.1, -0.05) is 60.6 Å². The van der Waals surface area contributed by atoms with Crippen molar-refractivity contribution in [3.8, 4) is 0 Å². The maximum Gasteiger partial charge on any atom is 0.486 e. The van der Waals surface area contributed by atoms with E-state index in [4.69, 9.17) is 14.0 Å². The van der Waals surface area contributed by atoms with Gasteiger partial charge in [0.05, 0.1) is 17.8 Å². The third-order valence-electron chi connectivity index (χ3n) is 5.41. The van der Waals surface area contributed by atoms with E-state index >= 15 is 0 Å². The van der Waals surface area contributed by atoms with Gasteiger partial charge < -0.3 is 14.0 Å². The first-order valence-electron chi connectivity index (χ1n) is 9.58. The Balaban J connectivity index is 1.63. The number of fused-ring (bicyclic) bond motifs is 1. The molecule has 0 aliphatic carbocycles. The molecule has 0 aromatic heterocycles. The molecule has 1 atom stereocenters. The van der Waals surface area contributed by atoms with Crippen LogP contribution in [0, 0.1) is 0 Å². The Bertz CT molecular complexity index is 822. The van der Waals surface area contributed by atoms with E-state index in [9.17, 15) is 0 Å². The Morgan fingerprint density at radius 2 is 1.67 bits per heavy atom. The number of rotatable bonds is 6. The Hall–Kier alpha value is -1.88. The fourth-order valence-corrected chi connectivity index (χ4v) is 3.12. The SMILES string of the molecule is C/C=C/C(OC/C=C/B1OC(C)(C)C(C)(C)O1)c1ccc2ccccc2c1. The van der Waals surface area contributed by atoms with Crippen molar-refractivity contribution in [2.45, 2.75) is 51.9 Å². The average molecular weight is 364 g/mol. The lowest BCUT2D eigenvalue weighted by Crippen LogP contribution is -2.41. The minimum absolute atomic E-state index is 0.0810. The van der Waals surface area contributed by atoms with E-state index in [2.05, 4.69) is 76.2 Å². The molecule has 142 valence electrons. The van der Waals surface area contributed by atoms with Crippen molar-refractivity contribution in [3.05, 3.63) is 72.2 Å². The fraction of sp³-hybridized carbons (Fsp3) is 0.391. The predicted molar refractivity (Wildman–Crippen MR) is 113 cm³/mol. The molecule has 2 aromatic rings. The Morgan fingerprint density at radius 1 is 1.00 bits per heavy atom. The number of benzene rings is 2. The molecule has 0 saturated carbocycles. The average Bonchev–Trinajstić information content (AvgIpc) is 2.84. The zero-order valence-electron chi connectivity index (χ0n) is 16.9. The van der Waals surface area contributed by atoms with Crippen LogP contribution in [0.4, 0.5) is 0 Å². The van der Waals surface area contributed by atoms with Crippen LogP contribution < -0.4 is 0 Å². The molecule has 0 radical (unpaired) electrons. The van der Waals surface area contributed by atoms with E-state index in [1.54, 1.807) is 0 Å². The van der Waals surface area contributed by atoms with Gasteiger partial charge in [0.25, 0.3) is 0 Å². The zero-order valence-corrected chi connectivity index (χ0v) is 16.9. The van der Waals surface area contributed by atoms with E-state index in [0.717, 1.165) is 5.56 Å². The van der Waals surface area contributed by atoms with Crippen molar-refractivity contribution in [2.75, 3.05) is 6.61 Å². The zero-order chi connectivity index (χ0) is 19.5. The van der Waals surface area contributed by atoms with Crippen molar-refractivity contribution < 1.29 is 14.0 Å². The minimum Gasteiger partial charge on any atom is -0.400 e. The molecule has 3 nitrogen and oxygen atoms in total. The second-order valence-corrected chi connectivity index (χ2v) is 7.94. The topological polar surface area (TPSA) is 27.7 Å². The minimum atomic E-state index is -0.334. The summed E-state index contributed by atoms with van der Waals surface area (Å²) in [7, 11) is -0.334. The van der Waals surface area contributed by atoms with Crippen molar-refractivity contribution in [1.29, 1.82) is 0 Å². The van der Waals surface area contributed by atoms with E-state index in [0.29, 0.717) is 6.61 Å². The molecule has 1 aliphatic rings. The molecule has 0 N–H and O–H groups in total. The number of hydrogen-bond acceptors (Lipinski definition) is 3. The monoisotopic (exact) mass is 364 g/mol. The molecule has 0 amide bonds. The van der Waals surface area contributed by atoms with E-state index in [-0.39, 0.29) is 24.4 Å². The van der Waals surface area contributed by atoms with Crippen LogP contribution in [0.5, 0.6) is 0 Å². The molecule has 1 saturated heterocycles. The van der Waals surface area contributed by atoms with Gasteiger partial charge in [-0.05, 0) is 57.0 Å². The molecular formula is C23H29BO3. The second-order valence-electron chi connectivity index (χ2n) is 7.94. The first-order valence-corrected chi connectivity index (χ1v) is 9.58. The summed E-state index contributed by atoms with van der Waals surface area (Å²) in [6, 6.07) is 14.8.